The maximum absolute atomic E-state index is 10.8. The van der Waals surface area contributed by atoms with Crippen LogP contribution in [-0.4, -0.2) is 12.0 Å². The number of anilines is 1. The van der Waals surface area contributed by atoms with E-state index in [9.17, 15) is 10.1 Å². The highest BCUT2D eigenvalue weighted by Crippen LogP contribution is 2.29. The average Bonchev–Trinajstić information content (AvgIpc) is 2.46. The predicted octanol–water partition coefficient (Wildman–Crippen LogP) is 4.18. The summed E-state index contributed by atoms with van der Waals surface area (Å²) < 4.78 is 5.21. The van der Waals surface area contributed by atoms with Crippen LogP contribution in [0.4, 0.5) is 11.4 Å². The highest BCUT2D eigenvalue weighted by molar-refractivity contribution is 6.30. The molecule has 2 rings (SSSR count). The van der Waals surface area contributed by atoms with Crippen LogP contribution in [0.1, 0.15) is 11.1 Å². The van der Waals surface area contributed by atoms with E-state index in [1.807, 2.05) is 25.1 Å². The fourth-order valence-electron chi connectivity index (χ4n) is 2.00. The van der Waals surface area contributed by atoms with E-state index < -0.39 is 4.92 Å². The van der Waals surface area contributed by atoms with E-state index in [-0.39, 0.29) is 5.69 Å². The molecule has 0 radical (unpaired) electrons. The molecule has 21 heavy (non-hydrogen) atoms. The molecule has 0 fully saturated rings. The molecule has 1 N–H and O–H groups in total. The lowest BCUT2D eigenvalue weighted by Crippen LogP contribution is -2.03. The largest absolute Gasteiger partial charge is 0.495 e. The van der Waals surface area contributed by atoms with Gasteiger partial charge in [-0.1, -0.05) is 17.7 Å². The lowest BCUT2D eigenvalue weighted by molar-refractivity contribution is -0.384. The second kappa shape index (κ2) is 6.45. The highest BCUT2D eigenvalue weighted by atomic mass is 35.5. The molecule has 5 nitrogen and oxygen atoms in total. The third-order valence-electron chi connectivity index (χ3n) is 3.17. The summed E-state index contributed by atoms with van der Waals surface area (Å²) in [6.07, 6.45) is 0. The number of hydrogen-bond acceptors (Lipinski definition) is 4. The summed E-state index contributed by atoms with van der Waals surface area (Å²) in [7, 11) is 1.53. The molecule has 0 aliphatic heterocycles. The molecule has 2 aromatic rings. The van der Waals surface area contributed by atoms with Gasteiger partial charge in [0.2, 0.25) is 0 Å². The van der Waals surface area contributed by atoms with E-state index >= 15 is 0 Å². The number of ether oxygens (including phenoxy) is 1. The zero-order valence-electron chi connectivity index (χ0n) is 11.7. The Morgan fingerprint density at radius 1 is 1.29 bits per heavy atom. The lowest BCUT2D eigenvalue weighted by Gasteiger charge is -2.12. The van der Waals surface area contributed by atoms with Gasteiger partial charge in [-0.3, -0.25) is 10.1 Å². The minimum absolute atomic E-state index is 0.0196. The zero-order chi connectivity index (χ0) is 15.4. The van der Waals surface area contributed by atoms with Crippen molar-refractivity contribution in [2.45, 2.75) is 13.5 Å². The van der Waals surface area contributed by atoms with Gasteiger partial charge in [0.1, 0.15) is 5.75 Å². The molecule has 0 atom stereocenters. The van der Waals surface area contributed by atoms with Crippen molar-refractivity contribution in [1.82, 2.24) is 0 Å². The number of nitrogens with one attached hydrogen (secondary N) is 1. The Morgan fingerprint density at radius 3 is 2.67 bits per heavy atom. The van der Waals surface area contributed by atoms with Crippen molar-refractivity contribution in [3.8, 4) is 5.75 Å². The van der Waals surface area contributed by atoms with Gasteiger partial charge < -0.3 is 10.1 Å². The van der Waals surface area contributed by atoms with Gasteiger partial charge in [-0.2, -0.15) is 0 Å². The Bertz CT molecular complexity index is 674. The lowest BCUT2D eigenvalue weighted by atomic mass is 10.1. The number of halogens is 1. The zero-order valence-corrected chi connectivity index (χ0v) is 12.5. The fourth-order valence-corrected chi connectivity index (χ4v) is 2.22. The molecule has 0 aliphatic carbocycles. The molecule has 0 saturated carbocycles. The summed E-state index contributed by atoms with van der Waals surface area (Å²) in [6.45, 7) is 2.49. The molecule has 0 spiro atoms. The first kappa shape index (κ1) is 15.1. The van der Waals surface area contributed by atoms with Gasteiger partial charge >= 0.3 is 0 Å². The molecule has 0 unspecified atom stereocenters. The second-order valence-electron chi connectivity index (χ2n) is 4.57. The van der Waals surface area contributed by atoms with Gasteiger partial charge in [-0.25, -0.2) is 0 Å². The van der Waals surface area contributed by atoms with Crippen molar-refractivity contribution < 1.29 is 9.66 Å². The predicted molar refractivity (Wildman–Crippen MR) is 83.2 cm³/mol. The Labute approximate surface area is 127 Å². The van der Waals surface area contributed by atoms with Crippen LogP contribution < -0.4 is 10.1 Å². The van der Waals surface area contributed by atoms with Crippen LogP contribution in [0.2, 0.25) is 5.02 Å². The first-order valence-corrected chi connectivity index (χ1v) is 6.70. The van der Waals surface area contributed by atoms with E-state index in [2.05, 4.69) is 5.32 Å². The molecule has 0 heterocycles. The third-order valence-corrected chi connectivity index (χ3v) is 3.40. The SMILES string of the molecule is COc1ccc([N+](=O)[O-])cc1NCc1ccc(Cl)cc1C. The molecule has 6 heteroatoms. The maximum atomic E-state index is 10.8. The number of benzene rings is 2. The number of nitrogens with zero attached hydrogens (tertiary/aromatic N) is 1. The van der Waals surface area contributed by atoms with Crippen LogP contribution in [0, 0.1) is 17.0 Å². The van der Waals surface area contributed by atoms with Crippen molar-refractivity contribution in [1.29, 1.82) is 0 Å². The Morgan fingerprint density at radius 2 is 2.05 bits per heavy atom. The smallest absolute Gasteiger partial charge is 0.271 e. The second-order valence-corrected chi connectivity index (χ2v) is 5.00. The maximum Gasteiger partial charge on any atom is 0.271 e. The van der Waals surface area contributed by atoms with Crippen molar-refractivity contribution in [2.24, 2.45) is 0 Å². The minimum atomic E-state index is -0.432. The normalized spacial score (nSPS) is 10.2. The molecule has 110 valence electrons. The standard InChI is InChI=1S/C15H15ClN2O3/c1-10-7-12(16)4-3-11(10)9-17-14-8-13(18(19)20)5-6-15(14)21-2/h3-8,17H,9H2,1-2H3. The Balaban J connectivity index is 2.22. The summed E-state index contributed by atoms with van der Waals surface area (Å²) in [4.78, 5) is 10.4. The van der Waals surface area contributed by atoms with Crippen LogP contribution in [0.15, 0.2) is 36.4 Å². The van der Waals surface area contributed by atoms with Crippen LogP contribution in [-0.2, 0) is 6.54 Å². The minimum Gasteiger partial charge on any atom is -0.495 e. The third kappa shape index (κ3) is 3.64. The van der Waals surface area contributed by atoms with Crippen molar-refractivity contribution in [2.75, 3.05) is 12.4 Å². The molecule has 0 aromatic heterocycles. The van der Waals surface area contributed by atoms with Gasteiger partial charge in [0.15, 0.2) is 0 Å². The topological polar surface area (TPSA) is 64.4 Å². The quantitative estimate of drug-likeness (QED) is 0.665. The molecular formula is C15H15ClN2O3. The van der Waals surface area contributed by atoms with Crippen molar-refractivity contribution >= 4 is 23.0 Å². The summed E-state index contributed by atoms with van der Waals surface area (Å²) in [5.74, 6) is 0.562. The number of nitro benzene ring substituents is 1. The van der Waals surface area contributed by atoms with Gasteiger partial charge in [-0.05, 0) is 36.2 Å². The van der Waals surface area contributed by atoms with Gasteiger partial charge in [-0.15, -0.1) is 0 Å². The fraction of sp³-hybridized carbons (Fsp3) is 0.200. The van der Waals surface area contributed by atoms with E-state index in [1.165, 1.54) is 19.2 Å². The van der Waals surface area contributed by atoms with Crippen LogP contribution >= 0.6 is 11.6 Å². The van der Waals surface area contributed by atoms with Crippen LogP contribution in [0.25, 0.3) is 0 Å². The van der Waals surface area contributed by atoms with E-state index in [4.69, 9.17) is 16.3 Å². The van der Waals surface area contributed by atoms with Gasteiger partial charge in [0, 0.05) is 23.7 Å². The van der Waals surface area contributed by atoms with Crippen LogP contribution in [0.3, 0.4) is 0 Å². The highest BCUT2D eigenvalue weighted by Gasteiger charge is 2.11. The van der Waals surface area contributed by atoms with E-state index in [0.29, 0.717) is 23.0 Å². The summed E-state index contributed by atoms with van der Waals surface area (Å²) >= 11 is 5.92. The van der Waals surface area contributed by atoms with Gasteiger partial charge in [0.05, 0.1) is 17.7 Å². The molecule has 0 amide bonds. The number of non-ortho nitro benzene ring substituents is 1. The number of rotatable bonds is 5. The van der Waals surface area contributed by atoms with Gasteiger partial charge in [0.25, 0.3) is 5.69 Å². The molecule has 2 aromatic carbocycles. The number of aryl methyl sites for hydroxylation is 1. The summed E-state index contributed by atoms with van der Waals surface area (Å²) in [5, 5.41) is 14.7. The monoisotopic (exact) mass is 306 g/mol. The Kier molecular flexibility index (Phi) is 4.65. The molecule has 0 saturated heterocycles. The first-order chi connectivity index (χ1) is 10.0. The van der Waals surface area contributed by atoms with Crippen LogP contribution in [0.5, 0.6) is 5.75 Å². The van der Waals surface area contributed by atoms with E-state index in [0.717, 1.165) is 11.1 Å². The molecule has 0 bridgehead atoms. The summed E-state index contributed by atoms with van der Waals surface area (Å²) in [5.41, 5.74) is 2.72. The first-order valence-electron chi connectivity index (χ1n) is 6.32. The number of nitro groups is 1. The Hall–Kier alpha value is -2.27. The molecule has 0 aliphatic rings. The number of hydrogen-bond donors (Lipinski definition) is 1. The average molecular weight is 307 g/mol. The van der Waals surface area contributed by atoms with E-state index in [1.54, 1.807) is 6.07 Å². The van der Waals surface area contributed by atoms with Crippen molar-refractivity contribution in [3.63, 3.8) is 0 Å². The summed E-state index contributed by atoms with van der Waals surface area (Å²) in [6, 6.07) is 10.1. The molecular weight excluding hydrogens is 292 g/mol. The number of methoxy groups -OCH3 is 1. The van der Waals surface area contributed by atoms with Crippen molar-refractivity contribution in [3.05, 3.63) is 62.7 Å².